The van der Waals surface area contributed by atoms with Gasteiger partial charge in [0.15, 0.2) is 0 Å². The van der Waals surface area contributed by atoms with Gasteiger partial charge in [-0.25, -0.2) is 4.79 Å². The Hall–Kier alpha value is -2.73. The third-order valence-corrected chi connectivity index (χ3v) is 4.94. The Morgan fingerprint density at radius 2 is 2.11 bits per heavy atom. The zero-order valence-corrected chi connectivity index (χ0v) is 15.5. The minimum Gasteiger partial charge on any atom is -0.478 e. The molecular formula is C21H25N3O3. The van der Waals surface area contributed by atoms with Gasteiger partial charge in [0.05, 0.1) is 17.8 Å². The summed E-state index contributed by atoms with van der Waals surface area (Å²) in [5.41, 5.74) is 2.23. The van der Waals surface area contributed by atoms with Crippen LogP contribution in [0.3, 0.4) is 0 Å². The van der Waals surface area contributed by atoms with Crippen molar-refractivity contribution in [1.82, 2.24) is 14.8 Å². The van der Waals surface area contributed by atoms with Crippen LogP contribution in [-0.4, -0.2) is 58.4 Å². The second-order valence-corrected chi connectivity index (χ2v) is 7.10. The molecule has 6 nitrogen and oxygen atoms in total. The van der Waals surface area contributed by atoms with Crippen molar-refractivity contribution < 1.29 is 14.7 Å². The fourth-order valence-corrected chi connectivity index (χ4v) is 3.56. The molecule has 1 atom stereocenters. The summed E-state index contributed by atoms with van der Waals surface area (Å²) in [6.07, 6.45) is 3.65. The van der Waals surface area contributed by atoms with Gasteiger partial charge in [-0.05, 0) is 49.7 Å². The molecule has 1 aromatic carbocycles. The third-order valence-electron chi connectivity index (χ3n) is 4.94. The Morgan fingerprint density at radius 1 is 1.26 bits per heavy atom. The van der Waals surface area contributed by atoms with Gasteiger partial charge in [-0.15, -0.1) is 0 Å². The average molecular weight is 367 g/mol. The molecule has 1 aliphatic rings. The van der Waals surface area contributed by atoms with Crippen molar-refractivity contribution in [1.29, 1.82) is 0 Å². The van der Waals surface area contributed by atoms with Crippen LogP contribution in [0.2, 0.25) is 0 Å². The molecule has 6 heteroatoms. The van der Waals surface area contributed by atoms with Gasteiger partial charge in [0.1, 0.15) is 0 Å². The quantitative estimate of drug-likeness (QED) is 0.850. The molecule has 2 heterocycles. The van der Waals surface area contributed by atoms with E-state index in [9.17, 15) is 14.7 Å². The van der Waals surface area contributed by atoms with Crippen LogP contribution < -0.4 is 0 Å². The molecule has 1 aliphatic heterocycles. The van der Waals surface area contributed by atoms with Crippen LogP contribution in [0.15, 0.2) is 48.7 Å². The fourth-order valence-electron chi connectivity index (χ4n) is 3.56. The molecule has 1 amide bonds. The summed E-state index contributed by atoms with van der Waals surface area (Å²) in [4.78, 5) is 32.1. The molecule has 27 heavy (non-hydrogen) atoms. The third kappa shape index (κ3) is 5.14. The van der Waals surface area contributed by atoms with E-state index in [-0.39, 0.29) is 11.8 Å². The van der Waals surface area contributed by atoms with E-state index in [2.05, 4.69) is 4.98 Å². The summed E-state index contributed by atoms with van der Waals surface area (Å²) < 4.78 is 0. The Kier molecular flexibility index (Phi) is 6.19. The highest BCUT2D eigenvalue weighted by molar-refractivity contribution is 5.87. The molecule has 0 bridgehead atoms. The van der Waals surface area contributed by atoms with Crippen molar-refractivity contribution >= 4 is 11.9 Å². The first-order valence-electron chi connectivity index (χ1n) is 9.22. The van der Waals surface area contributed by atoms with Gasteiger partial charge < -0.3 is 10.0 Å². The Balaban J connectivity index is 1.59. The van der Waals surface area contributed by atoms with Crippen molar-refractivity contribution in [2.45, 2.75) is 25.3 Å². The predicted molar refractivity (Wildman–Crippen MR) is 103 cm³/mol. The van der Waals surface area contributed by atoms with E-state index in [0.717, 1.165) is 30.6 Å². The smallest absolute Gasteiger partial charge is 0.335 e. The van der Waals surface area contributed by atoms with Crippen molar-refractivity contribution in [2.75, 3.05) is 26.7 Å². The van der Waals surface area contributed by atoms with Crippen LogP contribution in [0.5, 0.6) is 0 Å². The molecule has 0 aliphatic carbocycles. The Labute approximate surface area is 159 Å². The van der Waals surface area contributed by atoms with Crippen LogP contribution in [-0.2, 0) is 11.3 Å². The summed E-state index contributed by atoms with van der Waals surface area (Å²) in [5, 5.41) is 9.19. The number of aromatic nitrogens is 1. The summed E-state index contributed by atoms with van der Waals surface area (Å²) in [5.74, 6) is -0.632. The zero-order chi connectivity index (χ0) is 19.2. The molecule has 0 radical (unpaired) electrons. The SMILES string of the molecule is CN(CC(=O)N1CCC[C@@H](c2cccc(C(=O)O)c2)C1)Cc1ccccn1. The number of likely N-dealkylation sites (N-methyl/N-ethyl adjacent to an activating group) is 1. The second kappa shape index (κ2) is 8.77. The number of likely N-dealkylation sites (tertiary alicyclic amines) is 1. The van der Waals surface area contributed by atoms with Crippen molar-refractivity contribution in [3.63, 3.8) is 0 Å². The van der Waals surface area contributed by atoms with Gasteiger partial charge in [0.25, 0.3) is 0 Å². The first-order valence-corrected chi connectivity index (χ1v) is 9.22. The zero-order valence-electron chi connectivity index (χ0n) is 15.5. The molecule has 1 fully saturated rings. The van der Waals surface area contributed by atoms with E-state index in [1.54, 1.807) is 24.4 Å². The lowest BCUT2D eigenvalue weighted by molar-refractivity contribution is -0.133. The van der Waals surface area contributed by atoms with Gasteiger partial charge in [-0.3, -0.25) is 14.7 Å². The molecule has 2 aromatic rings. The fraction of sp³-hybridized carbons (Fsp3) is 0.381. The summed E-state index contributed by atoms with van der Waals surface area (Å²) in [7, 11) is 1.92. The highest BCUT2D eigenvalue weighted by Gasteiger charge is 2.25. The van der Waals surface area contributed by atoms with Crippen LogP contribution >= 0.6 is 0 Å². The first kappa shape index (κ1) is 19.0. The van der Waals surface area contributed by atoms with Gasteiger partial charge >= 0.3 is 5.97 Å². The average Bonchev–Trinajstić information content (AvgIpc) is 2.69. The maximum Gasteiger partial charge on any atom is 0.335 e. The number of amides is 1. The summed E-state index contributed by atoms with van der Waals surface area (Å²) in [6.45, 7) is 2.37. The normalized spacial score (nSPS) is 17.1. The maximum absolute atomic E-state index is 12.7. The molecule has 1 N–H and O–H groups in total. The van der Waals surface area contributed by atoms with Gasteiger partial charge in [0, 0.05) is 31.7 Å². The minimum absolute atomic E-state index is 0.104. The Bertz CT molecular complexity index is 794. The number of carboxylic acids is 1. The van der Waals surface area contributed by atoms with E-state index in [0.29, 0.717) is 25.2 Å². The molecular weight excluding hydrogens is 342 g/mol. The molecule has 1 saturated heterocycles. The molecule has 3 rings (SSSR count). The molecule has 1 aromatic heterocycles. The highest BCUT2D eigenvalue weighted by atomic mass is 16.4. The van der Waals surface area contributed by atoms with Crippen LogP contribution in [0.4, 0.5) is 0 Å². The van der Waals surface area contributed by atoms with E-state index in [1.807, 2.05) is 41.1 Å². The maximum atomic E-state index is 12.7. The largest absolute Gasteiger partial charge is 0.478 e. The second-order valence-electron chi connectivity index (χ2n) is 7.10. The molecule has 0 unspecified atom stereocenters. The number of aromatic carboxylic acids is 1. The lowest BCUT2D eigenvalue weighted by atomic mass is 9.89. The number of carbonyl (C=O) groups is 2. The molecule has 142 valence electrons. The van der Waals surface area contributed by atoms with Gasteiger partial charge in [0.2, 0.25) is 5.91 Å². The van der Waals surface area contributed by atoms with Crippen LogP contribution in [0.1, 0.15) is 40.4 Å². The molecule has 0 saturated carbocycles. The molecule has 0 spiro atoms. The topological polar surface area (TPSA) is 73.7 Å². The van der Waals surface area contributed by atoms with E-state index < -0.39 is 5.97 Å². The number of rotatable bonds is 6. The van der Waals surface area contributed by atoms with E-state index >= 15 is 0 Å². The summed E-state index contributed by atoms with van der Waals surface area (Å²) in [6, 6.07) is 12.8. The van der Waals surface area contributed by atoms with Gasteiger partial charge in [-0.2, -0.15) is 0 Å². The first-order chi connectivity index (χ1) is 13.0. The van der Waals surface area contributed by atoms with Crippen molar-refractivity contribution in [3.05, 3.63) is 65.5 Å². The van der Waals surface area contributed by atoms with Crippen molar-refractivity contribution in [3.8, 4) is 0 Å². The number of nitrogens with zero attached hydrogens (tertiary/aromatic N) is 3. The van der Waals surface area contributed by atoms with Crippen molar-refractivity contribution in [2.24, 2.45) is 0 Å². The number of hydrogen-bond donors (Lipinski definition) is 1. The number of benzene rings is 1. The number of carbonyl (C=O) groups excluding carboxylic acids is 1. The highest BCUT2D eigenvalue weighted by Crippen LogP contribution is 2.27. The lowest BCUT2D eigenvalue weighted by Crippen LogP contribution is -2.43. The lowest BCUT2D eigenvalue weighted by Gasteiger charge is -2.34. The monoisotopic (exact) mass is 367 g/mol. The summed E-state index contributed by atoms with van der Waals surface area (Å²) >= 11 is 0. The number of pyridine rings is 1. The van der Waals surface area contributed by atoms with E-state index in [4.69, 9.17) is 0 Å². The van der Waals surface area contributed by atoms with E-state index in [1.165, 1.54) is 0 Å². The number of carboxylic acid groups (broad SMARTS) is 1. The predicted octanol–water partition coefficient (Wildman–Crippen LogP) is 2.62. The minimum atomic E-state index is -0.920. The number of piperidine rings is 1. The van der Waals surface area contributed by atoms with Gasteiger partial charge in [-0.1, -0.05) is 18.2 Å². The Morgan fingerprint density at radius 3 is 2.85 bits per heavy atom. The van der Waals surface area contributed by atoms with Crippen LogP contribution in [0, 0.1) is 0 Å². The number of hydrogen-bond acceptors (Lipinski definition) is 4. The van der Waals surface area contributed by atoms with Crippen LogP contribution in [0.25, 0.3) is 0 Å². The standard InChI is InChI=1S/C21H25N3O3/c1-23(14-19-9-2-3-10-22-19)15-20(25)24-11-5-8-18(13-24)16-6-4-7-17(12-16)21(26)27/h2-4,6-7,9-10,12,18H,5,8,11,13-15H2,1H3,(H,26,27)/t18-/m1/s1.